The summed E-state index contributed by atoms with van der Waals surface area (Å²) >= 11 is 0. The van der Waals surface area contributed by atoms with Gasteiger partial charge in [0.05, 0.1) is 0 Å². The van der Waals surface area contributed by atoms with Crippen molar-refractivity contribution in [3.8, 4) is 22.5 Å². The molecule has 0 bridgehead atoms. The van der Waals surface area contributed by atoms with Crippen LogP contribution in [0.25, 0.3) is 22.5 Å². The number of hydrogen-bond acceptors (Lipinski definition) is 2. The summed E-state index contributed by atoms with van der Waals surface area (Å²) in [5.74, 6) is 0. The fourth-order valence-electron chi connectivity index (χ4n) is 3.77. The Morgan fingerprint density at radius 1 is 0.513 bits per heavy atom. The number of rotatable bonds is 6. The summed E-state index contributed by atoms with van der Waals surface area (Å²) in [5.41, 5.74) is 5.76. The number of aromatic nitrogens is 2. The van der Waals surface area contributed by atoms with Gasteiger partial charge in [-0.25, -0.2) is 0 Å². The van der Waals surface area contributed by atoms with Crippen LogP contribution >= 0.6 is 0 Å². The first-order chi connectivity index (χ1) is 20.4. The molecule has 0 amide bonds. The number of benzene rings is 4. The summed E-state index contributed by atoms with van der Waals surface area (Å²) in [6, 6.07) is 46.8. The van der Waals surface area contributed by atoms with Crippen LogP contribution in [0.1, 0.15) is 27.7 Å². The first kappa shape index (κ1) is 22.8. The van der Waals surface area contributed by atoms with Gasteiger partial charge >= 0.3 is 0 Å². The van der Waals surface area contributed by atoms with E-state index >= 15 is 0 Å². The molecular weight excluding hydrogens is 653 g/mol. The van der Waals surface area contributed by atoms with E-state index in [-0.39, 0.29) is 20.1 Å². The van der Waals surface area contributed by atoms with Crippen molar-refractivity contribution in [2.75, 3.05) is 0 Å². The fraction of sp³-hybridized carbons (Fsp3) is 0.0556. The molecule has 2 nitrogen and oxygen atoms in total. The normalized spacial score (nSPS) is 12.3. The van der Waals surface area contributed by atoms with E-state index in [0.29, 0.717) is 22.3 Å². The molecular formula is C36H28IrN2-2. The molecule has 6 rings (SSSR count). The molecule has 193 valence electrons. The van der Waals surface area contributed by atoms with Crippen molar-refractivity contribution in [3.63, 3.8) is 0 Å². The number of hydrogen-bond donors (Lipinski definition) is 0. The molecule has 0 N–H and O–H groups in total. The van der Waals surface area contributed by atoms with E-state index in [0.717, 1.165) is 22.5 Å². The minimum absolute atomic E-state index is 0. The summed E-state index contributed by atoms with van der Waals surface area (Å²) in [7, 11) is 0. The second kappa shape index (κ2) is 14.7. The van der Waals surface area contributed by atoms with Crippen molar-refractivity contribution in [1.82, 2.24) is 9.97 Å². The van der Waals surface area contributed by atoms with Crippen LogP contribution in [0.4, 0.5) is 0 Å². The molecule has 3 heteroatoms. The van der Waals surface area contributed by atoms with Crippen LogP contribution in [0, 0.1) is 12.1 Å². The molecule has 0 saturated carbocycles. The van der Waals surface area contributed by atoms with E-state index in [4.69, 9.17) is 5.48 Å². The predicted octanol–water partition coefficient (Wildman–Crippen LogP) is 8.28. The van der Waals surface area contributed by atoms with E-state index in [1.807, 2.05) is 84.9 Å². The molecule has 2 heterocycles. The summed E-state index contributed by atoms with van der Waals surface area (Å²) in [4.78, 5) is 8.59. The van der Waals surface area contributed by atoms with Crippen LogP contribution in [0.5, 0.6) is 0 Å². The van der Waals surface area contributed by atoms with Gasteiger partial charge in [0.15, 0.2) is 0 Å². The van der Waals surface area contributed by atoms with E-state index < -0.39 is 12.7 Å². The largest absolute Gasteiger partial charge is 0.305 e. The third kappa shape index (κ3) is 8.41. The van der Waals surface area contributed by atoms with Crippen LogP contribution in [-0.2, 0) is 32.9 Å². The molecule has 0 aliphatic carbocycles. The molecule has 0 atom stereocenters. The zero-order valence-electron chi connectivity index (χ0n) is 25.1. The molecule has 0 unspecified atom stereocenters. The first-order valence-electron chi connectivity index (χ1n) is 14.3. The molecule has 39 heavy (non-hydrogen) atoms. The minimum Gasteiger partial charge on any atom is -0.305 e. The Kier molecular flexibility index (Phi) is 8.58. The van der Waals surface area contributed by atoms with Gasteiger partial charge < -0.3 is 9.97 Å². The zero-order valence-corrected chi connectivity index (χ0v) is 23.5. The van der Waals surface area contributed by atoms with Gasteiger partial charge in [0.2, 0.25) is 0 Å². The molecule has 0 saturated heterocycles. The quantitative estimate of drug-likeness (QED) is 0.165. The smallest absolute Gasteiger partial charge is 0.0365 e. The van der Waals surface area contributed by atoms with Gasteiger partial charge in [-0.1, -0.05) is 84.4 Å². The monoisotopic (exact) mass is 685 g/mol. The van der Waals surface area contributed by atoms with Crippen LogP contribution in [0.3, 0.4) is 0 Å². The Morgan fingerprint density at radius 2 is 1.15 bits per heavy atom. The SMILES string of the molecule is [2H]C([2H])(c1c[c-]c(-c2ccccn2)cc1)c1ccccc1.[2H]C([2H])(c1ccccc1)c1ccnc(-c2[c-]cccc2)c1.[Ir]. The van der Waals surface area contributed by atoms with Crippen molar-refractivity contribution in [2.24, 2.45) is 0 Å². The first-order valence-corrected chi connectivity index (χ1v) is 12.3. The molecule has 0 spiro atoms. The molecule has 0 aliphatic heterocycles. The maximum atomic E-state index is 8.40. The number of nitrogens with zero attached hydrogens (tertiary/aromatic N) is 2. The molecule has 0 fully saturated rings. The average molecular weight is 685 g/mol. The van der Waals surface area contributed by atoms with Crippen LogP contribution in [0.15, 0.2) is 146 Å². The third-order valence-corrected chi connectivity index (χ3v) is 5.62. The fourth-order valence-corrected chi connectivity index (χ4v) is 3.77. The summed E-state index contributed by atoms with van der Waals surface area (Å²) in [6.45, 7) is 0. The standard InChI is InChI=1S/2C18H14N.Ir/c1-3-7-15(8-4-1)13-16-11-12-19-18(14-16)17-9-5-2-6-10-17;1-2-6-15(7-3-1)14-16-9-11-17(12-10-16)18-8-4-5-13-19-18;/h1-9,11-12,14H,13H2;1-11,13H,14H2;/q2*-1;/i13D2;14D2;. The zero-order chi connectivity index (χ0) is 29.4. The van der Waals surface area contributed by atoms with Crippen molar-refractivity contribution in [2.45, 2.75) is 12.7 Å². The van der Waals surface area contributed by atoms with Crippen molar-refractivity contribution >= 4 is 0 Å². The van der Waals surface area contributed by atoms with E-state index in [1.165, 1.54) is 0 Å². The summed E-state index contributed by atoms with van der Waals surface area (Å²) in [5, 5.41) is 0. The van der Waals surface area contributed by atoms with Gasteiger partial charge in [0.1, 0.15) is 0 Å². The van der Waals surface area contributed by atoms with Crippen LogP contribution in [-0.4, -0.2) is 9.97 Å². The second-order valence-corrected chi connectivity index (χ2v) is 8.39. The van der Waals surface area contributed by atoms with Crippen molar-refractivity contribution in [1.29, 1.82) is 0 Å². The topological polar surface area (TPSA) is 25.8 Å². The van der Waals surface area contributed by atoms with Crippen molar-refractivity contribution < 1.29 is 25.6 Å². The van der Waals surface area contributed by atoms with E-state index in [2.05, 4.69) is 22.1 Å². The second-order valence-electron chi connectivity index (χ2n) is 8.39. The van der Waals surface area contributed by atoms with Crippen LogP contribution in [0.2, 0.25) is 0 Å². The van der Waals surface area contributed by atoms with Gasteiger partial charge in [-0.3, -0.25) is 0 Å². The molecule has 0 aliphatic rings. The van der Waals surface area contributed by atoms with Gasteiger partial charge in [-0.15, -0.1) is 71.3 Å². The number of pyridine rings is 2. The molecule has 1 radical (unpaired) electrons. The summed E-state index contributed by atoms with van der Waals surface area (Å²) < 4.78 is 33.4. The Labute approximate surface area is 250 Å². The van der Waals surface area contributed by atoms with Crippen molar-refractivity contribution in [3.05, 3.63) is 180 Å². The Bertz CT molecular complexity index is 1700. The Hall–Kier alpha value is -4.17. The van der Waals surface area contributed by atoms with Gasteiger partial charge in [-0.05, 0) is 47.4 Å². The van der Waals surface area contributed by atoms with Crippen LogP contribution < -0.4 is 0 Å². The van der Waals surface area contributed by atoms with E-state index in [1.54, 1.807) is 60.9 Å². The molecule has 2 aromatic heterocycles. The Balaban J connectivity index is 0.000000192. The Morgan fingerprint density at radius 3 is 1.77 bits per heavy atom. The van der Waals surface area contributed by atoms with E-state index in [9.17, 15) is 0 Å². The maximum absolute atomic E-state index is 8.40. The van der Waals surface area contributed by atoms with Gasteiger partial charge in [0, 0.05) is 38.0 Å². The third-order valence-electron chi connectivity index (χ3n) is 5.62. The van der Waals surface area contributed by atoms with Gasteiger partial charge in [0.25, 0.3) is 0 Å². The molecule has 4 aromatic carbocycles. The average Bonchev–Trinajstić information content (AvgIpc) is 3.07. The molecule has 6 aromatic rings. The predicted molar refractivity (Wildman–Crippen MR) is 156 cm³/mol. The maximum Gasteiger partial charge on any atom is 0.0365 e. The summed E-state index contributed by atoms with van der Waals surface area (Å²) in [6.07, 6.45) is 0.306. The van der Waals surface area contributed by atoms with Gasteiger partial charge in [-0.2, -0.15) is 0 Å². The minimum atomic E-state index is -1.55.